The van der Waals surface area contributed by atoms with Crippen LogP contribution < -0.4 is 20.1 Å². The van der Waals surface area contributed by atoms with E-state index in [2.05, 4.69) is 20.8 Å². The van der Waals surface area contributed by atoms with E-state index in [4.69, 9.17) is 21.1 Å². The molecule has 0 bridgehead atoms. The zero-order chi connectivity index (χ0) is 26.4. The highest BCUT2D eigenvalue weighted by molar-refractivity contribution is 7.99. The maximum atomic E-state index is 12.9. The third-order valence-corrected chi connectivity index (χ3v) is 6.37. The minimum Gasteiger partial charge on any atom is -0.497 e. The van der Waals surface area contributed by atoms with E-state index in [9.17, 15) is 9.59 Å². The second kappa shape index (κ2) is 11.8. The number of nitrogens with zero attached hydrogens (tertiary/aromatic N) is 3. The third-order valence-electron chi connectivity index (χ3n) is 5.19. The fourth-order valence-electron chi connectivity index (χ4n) is 3.52. The highest BCUT2D eigenvalue weighted by Gasteiger charge is 2.18. The number of methoxy groups -OCH3 is 2. The van der Waals surface area contributed by atoms with E-state index in [-0.39, 0.29) is 17.6 Å². The van der Waals surface area contributed by atoms with Crippen LogP contribution in [0.15, 0.2) is 71.9 Å². The van der Waals surface area contributed by atoms with Gasteiger partial charge in [0.2, 0.25) is 11.8 Å². The minimum absolute atomic E-state index is 0.0574. The van der Waals surface area contributed by atoms with Crippen molar-refractivity contribution in [1.29, 1.82) is 0 Å². The number of aromatic nitrogens is 3. The molecule has 2 N–H and O–H groups in total. The number of thioether (sulfide) groups is 1. The van der Waals surface area contributed by atoms with E-state index in [0.29, 0.717) is 33.1 Å². The van der Waals surface area contributed by atoms with E-state index in [1.165, 1.54) is 25.8 Å². The van der Waals surface area contributed by atoms with Crippen LogP contribution in [0.1, 0.15) is 6.92 Å². The number of hydrogen-bond donors (Lipinski definition) is 2. The number of ether oxygens (including phenoxy) is 2. The summed E-state index contributed by atoms with van der Waals surface area (Å²) in [5, 5.41) is 15.4. The molecule has 0 atom stereocenters. The molecule has 37 heavy (non-hydrogen) atoms. The summed E-state index contributed by atoms with van der Waals surface area (Å²) in [6, 6.07) is 19.8. The highest BCUT2D eigenvalue weighted by Crippen LogP contribution is 2.31. The van der Waals surface area contributed by atoms with Gasteiger partial charge in [-0.05, 0) is 66.7 Å². The Kier molecular flexibility index (Phi) is 8.32. The molecule has 0 fully saturated rings. The highest BCUT2D eigenvalue weighted by atomic mass is 35.5. The normalized spacial score (nSPS) is 10.6. The van der Waals surface area contributed by atoms with Crippen molar-refractivity contribution in [3.8, 4) is 28.6 Å². The number of halogens is 1. The molecule has 0 radical (unpaired) electrons. The summed E-state index contributed by atoms with van der Waals surface area (Å²) in [5.74, 6) is 1.37. The van der Waals surface area contributed by atoms with E-state index in [0.717, 1.165) is 17.0 Å². The lowest BCUT2D eigenvalue weighted by Crippen LogP contribution is -2.16. The molecule has 0 aliphatic carbocycles. The summed E-state index contributed by atoms with van der Waals surface area (Å²) in [7, 11) is 3.11. The van der Waals surface area contributed by atoms with Crippen molar-refractivity contribution >= 4 is 46.6 Å². The van der Waals surface area contributed by atoms with Crippen molar-refractivity contribution in [2.75, 3.05) is 30.6 Å². The van der Waals surface area contributed by atoms with Gasteiger partial charge >= 0.3 is 0 Å². The second-order valence-electron chi connectivity index (χ2n) is 7.78. The van der Waals surface area contributed by atoms with Gasteiger partial charge in [-0.1, -0.05) is 23.4 Å². The largest absolute Gasteiger partial charge is 0.497 e. The van der Waals surface area contributed by atoms with Gasteiger partial charge in [-0.2, -0.15) is 0 Å². The van der Waals surface area contributed by atoms with Crippen LogP contribution in [0.4, 0.5) is 11.4 Å². The molecule has 0 saturated carbocycles. The Bertz CT molecular complexity index is 1410. The first kappa shape index (κ1) is 26.1. The number of nitrogens with one attached hydrogen (secondary N) is 2. The van der Waals surface area contributed by atoms with Crippen molar-refractivity contribution < 1.29 is 19.1 Å². The molecular formula is C26H24ClN5O4S. The van der Waals surface area contributed by atoms with Crippen LogP contribution in [0.25, 0.3) is 17.1 Å². The number of benzene rings is 3. The Labute approximate surface area is 223 Å². The first-order valence-electron chi connectivity index (χ1n) is 11.1. The van der Waals surface area contributed by atoms with Crippen molar-refractivity contribution in [3.63, 3.8) is 0 Å². The molecule has 4 aromatic rings. The zero-order valence-electron chi connectivity index (χ0n) is 20.3. The van der Waals surface area contributed by atoms with Crippen LogP contribution in [0, 0.1) is 0 Å². The smallest absolute Gasteiger partial charge is 0.234 e. The van der Waals surface area contributed by atoms with Gasteiger partial charge in [-0.15, -0.1) is 10.2 Å². The number of amides is 2. The minimum atomic E-state index is -0.278. The summed E-state index contributed by atoms with van der Waals surface area (Å²) in [5.41, 5.74) is 2.62. The first-order chi connectivity index (χ1) is 17.9. The fourth-order valence-corrected chi connectivity index (χ4v) is 4.39. The summed E-state index contributed by atoms with van der Waals surface area (Å²) in [6.45, 7) is 1.41. The number of carbonyl (C=O) groups is 2. The van der Waals surface area contributed by atoms with E-state index >= 15 is 0 Å². The molecule has 190 valence electrons. The Hall–Kier alpha value is -4.02. The van der Waals surface area contributed by atoms with Crippen molar-refractivity contribution in [2.24, 2.45) is 0 Å². The lowest BCUT2D eigenvalue weighted by Gasteiger charge is -2.13. The van der Waals surface area contributed by atoms with Gasteiger partial charge in [-0.25, -0.2) is 0 Å². The summed E-state index contributed by atoms with van der Waals surface area (Å²) in [6.07, 6.45) is 0. The predicted octanol–water partition coefficient (Wildman–Crippen LogP) is 5.29. The van der Waals surface area contributed by atoms with Gasteiger partial charge in [0, 0.05) is 28.9 Å². The zero-order valence-corrected chi connectivity index (χ0v) is 21.9. The third kappa shape index (κ3) is 6.41. The van der Waals surface area contributed by atoms with Gasteiger partial charge in [0.05, 0.1) is 25.7 Å². The average Bonchev–Trinajstić information content (AvgIpc) is 3.32. The fraction of sp³-hybridized carbons (Fsp3) is 0.154. The molecule has 1 heterocycles. The second-order valence-corrected chi connectivity index (χ2v) is 9.16. The molecule has 2 amide bonds. The van der Waals surface area contributed by atoms with Crippen LogP contribution >= 0.6 is 23.4 Å². The molecular weight excluding hydrogens is 514 g/mol. The van der Waals surface area contributed by atoms with Crippen LogP contribution in [-0.4, -0.2) is 46.6 Å². The van der Waals surface area contributed by atoms with E-state index in [1.807, 2.05) is 41.0 Å². The monoisotopic (exact) mass is 537 g/mol. The topological polar surface area (TPSA) is 107 Å². The molecule has 11 heteroatoms. The molecule has 1 aromatic heterocycles. The van der Waals surface area contributed by atoms with E-state index < -0.39 is 0 Å². The van der Waals surface area contributed by atoms with Crippen LogP contribution in [-0.2, 0) is 9.59 Å². The quantitative estimate of drug-likeness (QED) is 0.279. The van der Waals surface area contributed by atoms with Crippen molar-refractivity contribution in [1.82, 2.24) is 14.8 Å². The summed E-state index contributed by atoms with van der Waals surface area (Å²) < 4.78 is 12.5. The Balaban J connectivity index is 1.58. The first-order valence-corrected chi connectivity index (χ1v) is 12.5. The lowest BCUT2D eigenvalue weighted by molar-refractivity contribution is -0.114. The molecule has 0 aliphatic rings. The maximum absolute atomic E-state index is 12.9. The molecule has 4 rings (SSSR count). The Morgan fingerprint density at radius 1 is 0.946 bits per heavy atom. The number of carbonyl (C=O) groups excluding carboxylic acids is 2. The van der Waals surface area contributed by atoms with Gasteiger partial charge in [0.15, 0.2) is 11.0 Å². The van der Waals surface area contributed by atoms with Gasteiger partial charge in [-0.3, -0.25) is 14.2 Å². The average molecular weight is 538 g/mol. The molecule has 9 nitrogen and oxygen atoms in total. The van der Waals surface area contributed by atoms with E-state index in [1.54, 1.807) is 37.4 Å². The van der Waals surface area contributed by atoms with Crippen molar-refractivity contribution in [2.45, 2.75) is 12.1 Å². The van der Waals surface area contributed by atoms with Gasteiger partial charge in [0.1, 0.15) is 11.5 Å². The van der Waals surface area contributed by atoms with Gasteiger partial charge in [0.25, 0.3) is 0 Å². The number of anilines is 2. The predicted molar refractivity (Wildman–Crippen MR) is 145 cm³/mol. The standard InChI is InChI=1S/C26H24ClN5O4S/c1-16(33)28-19-8-13-23(36-3)22(14-19)29-24(34)15-37-26-31-30-25(17-4-11-21(35-2)12-5-17)32(26)20-9-6-18(27)7-10-20/h4-14H,15H2,1-3H3,(H,28,33)(H,29,34). The molecule has 0 saturated heterocycles. The SMILES string of the molecule is COc1ccc(-c2nnc(SCC(=O)Nc3cc(NC(C)=O)ccc3OC)n2-c2ccc(Cl)cc2)cc1. The van der Waals surface area contributed by atoms with Crippen LogP contribution in [0.3, 0.4) is 0 Å². The molecule has 0 spiro atoms. The summed E-state index contributed by atoms with van der Waals surface area (Å²) >= 11 is 7.33. The Morgan fingerprint density at radius 2 is 1.68 bits per heavy atom. The lowest BCUT2D eigenvalue weighted by atomic mass is 10.2. The molecule has 0 unspecified atom stereocenters. The van der Waals surface area contributed by atoms with Gasteiger partial charge < -0.3 is 20.1 Å². The number of rotatable bonds is 9. The Morgan fingerprint density at radius 3 is 2.32 bits per heavy atom. The molecule has 3 aromatic carbocycles. The summed E-state index contributed by atoms with van der Waals surface area (Å²) in [4.78, 5) is 24.3. The van der Waals surface area contributed by atoms with Crippen molar-refractivity contribution in [3.05, 3.63) is 71.8 Å². The van der Waals surface area contributed by atoms with Crippen LogP contribution in [0.5, 0.6) is 11.5 Å². The molecule has 0 aliphatic heterocycles. The maximum Gasteiger partial charge on any atom is 0.234 e. The van der Waals surface area contributed by atoms with Crippen LogP contribution in [0.2, 0.25) is 5.02 Å². The number of hydrogen-bond acceptors (Lipinski definition) is 7.